The van der Waals surface area contributed by atoms with Crippen molar-refractivity contribution < 1.29 is 13.6 Å². The van der Waals surface area contributed by atoms with E-state index in [2.05, 4.69) is 5.32 Å². The lowest BCUT2D eigenvalue weighted by Crippen LogP contribution is -2.36. The zero-order chi connectivity index (χ0) is 14.1. The molecule has 0 fully saturated rings. The van der Waals surface area contributed by atoms with Gasteiger partial charge >= 0.3 is 0 Å². The highest BCUT2D eigenvalue weighted by molar-refractivity contribution is 5.95. The van der Waals surface area contributed by atoms with Gasteiger partial charge in [-0.25, -0.2) is 8.78 Å². The van der Waals surface area contributed by atoms with Gasteiger partial charge in [0.05, 0.1) is 0 Å². The summed E-state index contributed by atoms with van der Waals surface area (Å²) in [5, 5.41) is 2.70. The summed E-state index contributed by atoms with van der Waals surface area (Å²) in [6.45, 7) is 0. The molecule has 1 amide bonds. The molecule has 0 radical (unpaired) electrons. The topological polar surface area (TPSA) is 29.1 Å². The molecule has 2 aromatic carbocycles. The van der Waals surface area contributed by atoms with Crippen molar-refractivity contribution in [1.29, 1.82) is 0 Å². The Morgan fingerprint density at radius 1 is 0.950 bits per heavy atom. The number of fused-ring (bicyclic) bond motifs is 1. The second kappa shape index (κ2) is 5.04. The van der Waals surface area contributed by atoms with Crippen molar-refractivity contribution in [2.24, 2.45) is 0 Å². The maximum absolute atomic E-state index is 13.5. The van der Waals surface area contributed by atoms with Crippen molar-refractivity contribution >= 4 is 5.91 Å². The molecular formula is C16H13F2NO. The number of halogens is 2. The largest absolute Gasteiger partial charge is 0.348 e. The van der Waals surface area contributed by atoms with Crippen LogP contribution >= 0.6 is 0 Å². The van der Waals surface area contributed by atoms with Crippen LogP contribution in [-0.4, -0.2) is 11.9 Å². The van der Waals surface area contributed by atoms with Gasteiger partial charge in [0.25, 0.3) is 5.91 Å². The molecule has 0 heterocycles. The predicted molar refractivity (Wildman–Crippen MR) is 71.5 cm³/mol. The maximum atomic E-state index is 13.5. The first kappa shape index (κ1) is 12.8. The van der Waals surface area contributed by atoms with Gasteiger partial charge in [-0.15, -0.1) is 0 Å². The van der Waals surface area contributed by atoms with Crippen LogP contribution in [0.1, 0.15) is 21.5 Å². The van der Waals surface area contributed by atoms with Gasteiger partial charge in [-0.1, -0.05) is 30.3 Å². The Balaban J connectivity index is 1.76. The van der Waals surface area contributed by atoms with E-state index in [1.165, 1.54) is 17.2 Å². The van der Waals surface area contributed by atoms with Crippen molar-refractivity contribution in [2.45, 2.75) is 18.9 Å². The lowest BCUT2D eigenvalue weighted by molar-refractivity contribution is 0.0930. The Labute approximate surface area is 115 Å². The molecule has 4 heteroatoms. The van der Waals surface area contributed by atoms with Crippen molar-refractivity contribution in [2.75, 3.05) is 0 Å². The fourth-order valence-corrected chi connectivity index (χ4v) is 2.63. The van der Waals surface area contributed by atoms with Crippen LogP contribution in [-0.2, 0) is 12.8 Å². The summed E-state index contributed by atoms with van der Waals surface area (Å²) in [5.74, 6) is -2.37. The van der Waals surface area contributed by atoms with Crippen molar-refractivity contribution in [3.63, 3.8) is 0 Å². The normalized spacial score (nSPS) is 14.1. The molecular weight excluding hydrogens is 260 g/mol. The summed E-state index contributed by atoms with van der Waals surface area (Å²) in [4.78, 5) is 12.0. The van der Waals surface area contributed by atoms with E-state index >= 15 is 0 Å². The summed E-state index contributed by atoms with van der Waals surface area (Å²) in [6, 6.07) is 11.2. The second-order valence-electron chi connectivity index (χ2n) is 4.94. The highest BCUT2D eigenvalue weighted by atomic mass is 19.1. The Hall–Kier alpha value is -2.23. The third-order valence-corrected chi connectivity index (χ3v) is 3.58. The minimum Gasteiger partial charge on any atom is -0.348 e. The van der Waals surface area contributed by atoms with Crippen LogP contribution in [0.4, 0.5) is 8.78 Å². The summed E-state index contributed by atoms with van der Waals surface area (Å²) >= 11 is 0. The summed E-state index contributed by atoms with van der Waals surface area (Å²) in [6.07, 6.45) is 1.38. The zero-order valence-corrected chi connectivity index (χ0v) is 10.7. The van der Waals surface area contributed by atoms with Gasteiger partial charge in [0.1, 0.15) is 17.2 Å². The third-order valence-electron chi connectivity index (χ3n) is 3.58. The first-order chi connectivity index (χ1) is 9.65. The lowest BCUT2D eigenvalue weighted by Gasteiger charge is -2.12. The molecule has 1 aliphatic carbocycles. The summed E-state index contributed by atoms with van der Waals surface area (Å²) < 4.78 is 27.1. The Bertz CT molecular complexity index is 624. The number of benzene rings is 2. The van der Waals surface area contributed by atoms with E-state index in [4.69, 9.17) is 0 Å². The van der Waals surface area contributed by atoms with Crippen molar-refractivity contribution in [1.82, 2.24) is 5.32 Å². The summed E-state index contributed by atoms with van der Waals surface area (Å²) in [5.41, 5.74) is 1.84. The van der Waals surface area contributed by atoms with Gasteiger partial charge in [-0.2, -0.15) is 0 Å². The maximum Gasteiger partial charge on any atom is 0.257 e. The number of amides is 1. The fraction of sp³-hybridized carbons (Fsp3) is 0.188. The lowest BCUT2D eigenvalue weighted by atomic mass is 10.1. The zero-order valence-electron chi connectivity index (χ0n) is 10.7. The third kappa shape index (κ3) is 2.29. The van der Waals surface area contributed by atoms with Crippen LogP contribution in [0.3, 0.4) is 0 Å². The molecule has 20 heavy (non-hydrogen) atoms. The molecule has 0 saturated carbocycles. The highest BCUT2D eigenvalue weighted by Gasteiger charge is 2.25. The molecule has 0 aliphatic heterocycles. The Morgan fingerprint density at radius 2 is 1.50 bits per heavy atom. The van der Waals surface area contributed by atoms with E-state index in [1.807, 2.05) is 24.3 Å². The number of carbonyl (C=O) groups is 1. The molecule has 0 spiro atoms. The Kier molecular flexibility index (Phi) is 3.22. The molecule has 102 valence electrons. The molecule has 3 rings (SSSR count). The van der Waals surface area contributed by atoms with Crippen LogP contribution in [0.15, 0.2) is 42.5 Å². The predicted octanol–water partition coefficient (Wildman–Crippen LogP) is 2.86. The monoisotopic (exact) mass is 273 g/mol. The van der Waals surface area contributed by atoms with Gasteiger partial charge in [-0.05, 0) is 36.1 Å². The average molecular weight is 273 g/mol. The molecule has 0 aromatic heterocycles. The number of nitrogens with one attached hydrogen (secondary N) is 1. The second-order valence-corrected chi connectivity index (χ2v) is 4.94. The SMILES string of the molecule is O=C(NC1Cc2ccccc2C1)c1c(F)cccc1F. The van der Waals surface area contributed by atoms with E-state index in [1.54, 1.807) is 0 Å². The van der Waals surface area contributed by atoms with Crippen LogP contribution in [0, 0.1) is 11.6 Å². The molecule has 1 N–H and O–H groups in total. The number of hydrogen-bond donors (Lipinski definition) is 1. The van der Waals surface area contributed by atoms with Gasteiger partial charge in [0, 0.05) is 6.04 Å². The molecule has 2 nitrogen and oxygen atoms in total. The molecule has 0 atom stereocenters. The molecule has 2 aromatic rings. The van der Waals surface area contributed by atoms with Crippen LogP contribution in [0.2, 0.25) is 0 Å². The number of carbonyl (C=O) groups excluding carboxylic acids is 1. The molecule has 0 bridgehead atoms. The average Bonchev–Trinajstić information content (AvgIpc) is 2.80. The smallest absolute Gasteiger partial charge is 0.257 e. The minimum atomic E-state index is -0.835. The Morgan fingerprint density at radius 3 is 2.05 bits per heavy atom. The van der Waals surface area contributed by atoms with Gasteiger partial charge in [0.15, 0.2) is 0 Å². The van der Waals surface area contributed by atoms with Gasteiger partial charge in [0.2, 0.25) is 0 Å². The van der Waals surface area contributed by atoms with E-state index in [9.17, 15) is 13.6 Å². The van der Waals surface area contributed by atoms with Crippen LogP contribution in [0.5, 0.6) is 0 Å². The van der Waals surface area contributed by atoms with Crippen molar-refractivity contribution in [3.8, 4) is 0 Å². The molecule has 0 saturated heterocycles. The number of hydrogen-bond acceptors (Lipinski definition) is 1. The fourth-order valence-electron chi connectivity index (χ4n) is 2.63. The summed E-state index contributed by atoms with van der Waals surface area (Å²) in [7, 11) is 0. The van der Waals surface area contributed by atoms with E-state index < -0.39 is 23.1 Å². The minimum absolute atomic E-state index is 0.112. The van der Waals surface area contributed by atoms with Crippen LogP contribution < -0.4 is 5.32 Å². The van der Waals surface area contributed by atoms with E-state index in [0.717, 1.165) is 12.1 Å². The first-order valence-corrected chi connectivity index (χ1v) is 6.47. The quantitative estimate of drug-likeness (QED) is 0.895. The standard InChI is InChI=1S/C16H13F2NO/c17-13-6-3-7-14(18)15(13)16(20)19-12-8-10-4-1-2-5-11(10)9-12/h1-7,12H,8-9H2,(H,19,20). The van der Waals surface area contributed by atoms with E-state index in [-0.39, 0.29) is 6.04 Å². The van der Waals surface area contributed by atoms with Crippen LogP contribution in [0.25, 0.3) is 0 Å². The van der Waals surface area contributed by atoms with Gasteiger partial charge in [-0.3, -0.25) is 4.79 Å². The highest BCUT2D eigenvalue weighted by Crippen LogP contribution is 2.22. The van der Waals surface area contributed by atoms with E-state index in [0.29, 0.717) is 12.8 Å². The molecule has 1 aliphatic rings. The molecule has 0 unspecified atom stereocenters. The number of rotatable bonds is 2. The first-order valence-electron chi connectivity index (χ1n) is 6.47. The van der Waals surface area contributed by atoms with Crippen molar-refractivity contribution in [3.05, 3.63) is 70.8 Å². The van der Waals surface area contributed by atoms with Gasteiger partial charge < -0.3 is 5.32 Å².